The third kappa shape index (κ3) is 8.47. The van der Waals surface area contributed by atoms with Crippen LogP contribution < -0.4 is 9.47 Å². The van der Waals surface area contributed by atoms with Crippen molar-refractivity contribution in [2.45, 2.75) is 84.7 Å². The molecule has 1 atom stereocenters. The Labute approximate surface area is 176 Å². The molecule has 0 heterocycles. The standard InChI is InChI=1S/C26H37FO2/c1-4-6-8-10-12-21(3)29-26-18-15-23(20-25(26)27)22-13-16-24(17-14-22)28-19-11-9-7-5-2/h13-18,20-21H,4-12,19H2,1-3H3/t21-/m0/s1. The summed E-state index contributed by atoms with van der Waals surface area (Å²) in [5.41, 5.74) is 1.82. The third-order valence-electron chi connectivity index (χ3n) is 5.18. The highest BCUT2D eigenvalue weighted by molar-refractivity contribution is 5.65. The lowest BCUT2D eigenvalue weighted by Gasteiger charge is -2.16. The fraction of sp³-hybridized carbons (Fsp3) is 0.538. The van der Waals surface area contributed by atoms with E-state index in [-0.39, 0.29) is 11.9 Å². The Kier molecular flexibility index (Phi) is 10.6. The molecule has 0 unspecified atom stereocenters. The van der Waals surface area contributed by atoms with E-state index in [2.05, 4.69) is 13.8 Å². The van der Waals surface area contributed by atoms with Gasteiger partial charge in [-0.15, -0.1) is 0 Å². The molecule has 0 saturated carbocycles. The number of hydrogen-bond acceptors (Lipinski definition) is 2. The van der Waals surface area contributed by atoms with Crippen molar-refractivity contribution in [2.75, 3.05) is 6.61 Å². The Balaban J connectivity index is 1.87. The topological polar surface area (TPSA) is 18.5 Å². The third-order valence-corrected chi connectivity index (χ3v) is 5.18. The van der Waals surface area contributed by atoms with Gasteiger partial charge < -0.3 is 9.47 Å². The number of rotatable bonds is 14. The van der Waals surface area contributed by atoms with Crippen LogP contribution in [0.1, 0.15) is 78.6 Å². The van der Waals surface area contributed by atoms with Gasteiger partial charge in [-0.1, -0.05) is 70.6 Å². The summed E-state index contributed by atoms with van der Waals surface area (Å²) in [5, 5.41) is 0. The number of ether oxygens (including phenoxy) is 2. The fourth-order valence-corrected chi connectivity index (χ4v) is 3.37. The molecule has 0 amide bonds. The molecule has 0 fully saturated rings. The van der Waals surface area contributed by atoms with E-state index in [0.29, 0.717) is 5.75 Å². The molecular formula is C26H37FO2. The maximum Gasteiger partial charge on any atom is 0.165 e. The van der Waals surface area contributed by atoms with Crippen molar-refractivity contribution in [1.82, 2.24) is 0 Å². The lowest BCUT2D eigenvalue weighted by atomic mass is 10.1. The first-order valence-corrected chi connectivity index (χ1v) is 11.3. The minimum Gasteiger partial charge on any atom is -0.494 e. The van der Waals surface area contributed by atoms with Crippen molar-refractivity contribution in [1.29, 1.82) is 0 Å². The first-order valence-electron chi connectivity index (χ1n) is 11.3. The average Bonchev–Trinajstić information content (AvgIpc) is 2.73. The molecule has 0 aliphatic rings. The molecule has 160 valence electrons. The van der Waals surface area contributed by atoms with E-state index in [9.17, 15) is 4.39 Å². The zero-order valence-corrected chi connectivity index (χ0v) is 18.4. The van der Waals surface area contributed by atoms with Crippen LogP contribution in [0.15, 0.2) is 42.5 Å². The Bertz CT molecular complexity index is 696. The van der Waals surface area contributed by atoms with Gasteiger partial charge in [0.2, 0.25) is 0 Å². The van der Waals surface area contributed by atoms with E-state index in [1.807, 2.05) is 37.3 Å². The Morgan fingerprint density at radius 1 is 0.793 bits per heavy atom. The van der Waals surface area contributed by atoms with E-state index in [0.717, 1.165) is 42.7 Å². The SMILES string of the molecule is CCCCCCOc1ccc(-c2ccc(O[C@@H](C)CCCCCC)c(F)c2)cc1. The van der Waals surface area contributed by atoms with Gasteiger partial charge in [0, 0.05) is 0 Å². The first kappa shape index (κ1) is 23.3. The largest absolute Gasteiger partial charge is 0.494 e. The second-order valence-corrected chi connectivity index (χ2v) is 7.86. The van der Waals surface area contributed by atoms with Crippen LogP contribution in [-0.2, 0) is 0 Å². The Hall–Kier alpha value is -2.03. The summed E-state index contributed by atoms with van der Waals surface area (Å²) in [4.78, 5) is 0. The molecule has 2 aromatic carbocycles. The molecule has 0 saturated heterocycles. The van der Waals surface area contributed by atoms with E-state index < -0.39 is 0 Å². The number of unbranched alkanes of at least 4 members (excludes halogenated alkanes) is 6. The lowest BCUT2D eigenvalue weighted by Crippen LogP contribution is -2.12. The zero-order chi connectivity index (χ0) is 20.9. The first-order chi connectivity index (χ1) is 14.1. The second kappa shape index (κ2) is 13.2. The van der Waals surface area contributed by atoms with Crippen molar-refractivity contribution in [3.8, 4) is 22.6 Å². The number of halogens is 1. The van der Waals surface area contributed by atoms with Gasteiger partial charge in [0.25, 0.3) is 0 Å². The van der Waals surface area contributed by atoms with Crippen LogP contribution in [0.4, 0.5) is 4.39 Å². The maximum atomic E-state index is 14.5. The average molecular weight is 401 g/mol. The van der Waals surface area contributed by atoms with Crippen LogP contribution in [0.5, 0.6) is 11.5 Å². The van der Waals surface area contributed by atoms with Crippen molar-refractivity contribution in [3.05, 3.63) is 48.3 Å². The minimum absolute atomic E-state index is 0.0287. The summed E-state index contributed by atoms with van der Waals surface area (Å²) in [6.45, 7) is 7.17. The predicted octanol–water partition coefficient (Wildman–Crippen LogP) is 8.19. The van der Waals surface area contributed by atoms with Gasteiger partial charge in [-0.3, -0.25) is 0 Å². The summed E-state index contributed by atoms with van der Waals surface area (Å²) >= 11 is 0. The van der Waals surface area contributed by atoms with Gasteiger partial charge in [-0.2, -0.15) is 0 Å². The normalized spacial score (nSPS) is 12.0. The molecule has 2 rings (SSSR count). The second-order valence-electron chi connectivity index (χ2n) is 7.86. The van der Waals surface area contributed by atoms with Gasteiger partial charge in [-0.05, 0) is 61.6 Å². The highest BCUT2D eigenvalue weighted by Gasteiger charge is 2.10. The smallest absolute Gasteiger partial charge is 0.165 e. The van der Waals surface area contributed by atoms with Gasteiger partial charge in [0.15, 0.2) is 11.6 Å². The quantitative estimate of drug-likeness (QED) is 0.298. The minimum atomic E-state index is -0.306. The summed E-state index contributed by atoms with van der Waals surface area (Å²) in [5.74, 6) is 0.894. The number of hydrogen-bond donors (Lipinski definition) is 0. The van der Waals surface area contributed by atoms with E-state index in [1.54, 1.807) is 12.1 Å². The van der Waals surface area contributed by atoms with Crippen molar-refractivity contribution < 1.29 is 13.9 Å². The summed E-state index contributed by atoms with van der Waals surface area (Å²) in [6, 6.07) is 13.1. The molecule has 29 heavy (non-hydrogen) atoms. The van der Waals surface area contributed by atoms with Crippen LogP contribution in [-0.4, -0.2) is 12.7 Å². The van der Waals surface area contributed by atoms with Gasteiger partial charge in [-0.25, -0.2) is 4.39 Å². The molecule has 0 aliphatic carbocycles. The van der Waals surface area contributed by atoms with E-state index in [4.69, 9.17) is 9.47 Å². The summed E-state index contributed by atoms with van der Waals surface area (Å²) < 4.78 is 26.1. The van der Waals surface area contributed by atoms with Crippen molar-refractivity contribution >= 4 is 0 Å². The molecule has 0 aliphatic heterocycles. The molecular weight excluding hydrogens is 363 g/mol. The monoisotopic (exact) mass is 400 g/mol. The molecule has 2 nitrogen and oxygen atoms in total. The van der Waals surface area contributed by atoms with Gasteiger partial charge in [0.05, 0.1) is 12.7 Å². The molecule has 3 heteroatoms. The molecule has 0 N–H and O–H groups in total. The zero-order valence-electron chi connectivity index (χ0n) is 18.4. The van der Waals surface area contributed by atoms with Crippen molar-refractivity contribution in [3.63, 3.8) is 0 Å². The van der Waals surface area contributed by atoms with Crippen LogP contribution >= 0.6 is 0 Å². The molecule has 0 spiro atoms. The number of benzene rings is 2. The molecule has 0 radical (unpaired) electrons. The predicted molar refractivity (Wildman–Crippen MR) is 120 cm³/mol. The van der Waals surface area contributed by atoms with Gasteiger partial charge in [0.1, 0.15) is 5.75 Å². The van der Waals surface area contributed by atoms with Crippen LogP contribution in [0.2, 0.25) is 0 Å². The maximum absolute atomic E-state index is 14.5. The van der Waals surface area contributed by atoms with Crippen molar-refractivity contribution in [2.24, 2.45) is 0 Å². The highest BCUT2D eigenvalue weighted by atomic mass is 19.1. The molecule has 0 bridgehead atoms. The fourth-order valence-electron chi connectivity index (χ4n) is 3.37. The van der Waals surface area contributed by atoms with E-state index >= 15 is 0 Å². The Morgan fingerprint density at radius 2 is 1.45 bits per heavy atom. The molecule has 2 aromatic rings. The van der Waals surface area contributed by atoms with Gasteiger partial charge >= 0.3 is 0 Å². The molecule has 0 aromatic heterocycles. The highest BCUT2D eigenvalue weighted by Crippen LogP contribution is 2.28. The summed E-state index contributed by atoms with van der Waals surface area (Å²) in [6.07, 6.45) is 10.6. The van der Waals surface area contributed by atoms with E-state index in [1.165, 1.54) is 38.5 Å². The van der Waals surface area contributed by atoms with Crippen LogP contribution in [0.25, 0.3) is 11.1 Å². The van der Waals surface area contributed by atoms with Crippen LogP contribution in [0, 0.1) is 5.82 Å². The Morgan fingerprint density at radius 3 is 2.10 bits per heavy atom. The van der Waals surface area contributed by atoms with Crippen LogP contribution in [0.3, 0.4) is 0 Å². The lowest BCUT2D eigenvalue weighted by molar-refractivity contribution is 0.197. The summed E-state index contributed by atoms with van der Waals surface area (Å²) in [7, 11) is 0.